The number of rotatable bonds is 3. The van der Waals surface area contributed by atoms with Crippen molar-refractivity contribution in [2.24, 2.45) is 5.10 Å². The first kappa shape index (κ1) is 19.6. The summed E-state index contributed by atoms with van der Waals surface area (Å²) in [5.74, 6) is 1.02. The van der Waals surface area contributed by atoms with Crippen LogP contribution in [-0.2, 0) is 0 Å². The van der Waals surface area contributed by atoms with Crippen molar-refractivity contribution in [1.29, 1.82) is 0 Å². The second-order valence-electron chi connectivity index (χ2n) is 8.19. The molecule has 0 N–H and O–H groups in total. The quantitative estimate of drug-likeness (QED) is 0.502. The number of hydrogen-bond acceptors (Lipinski definition) is 4. The Hall–Kier alpha value is -1.37. The molecule has 0 aromatic heterocycles. The fourth-order valence-electron chi connectivity index (χ4n) is 4.84. The molecule has 3 aliphatic rings. The number of benzene rings is 2. The third-order valence-corrected chi connectivity index (χ3v) is 7.34. The van der Waals surface area contributed by atoms with Gasteiger partial charge in [-0.2, -0.15) is 5.10 Å². The molecule has 1 atom stereocenters. The largest absolute Gasteiger partial charge is 0.466 e. The lowest BCUT2D eigenvalue weighted by Crippen LogP contribution is -2.59. The molecule has 0 aliphatic carbocycles. The number of piperidine rings is 1. The molecule has 0 radical (unpaired) electrons. The zero-order valence-electron chi connectivity index (χ0n) is 16.6. The lowest BCUT2D eigenvalue weighted by atomic mass is 9.90. The zero-order valence-corrected chi connectivity index (χ0v) is 19.7. The van der Waals surface area contributed by atoms with Crippen LogP contribution in [0.1, 0.15) is 49.8 Å². The predicted octanol–water partition coefficient (Wildman–Crippen LogP) is 5.96. The summed E-state index contributed by atoms with van der Waals surface area (Å²) in [6, 6.07) is 15.1. The Morgan fingerprint density at radius 2 is 1.79 bits per heavy atom. The van der Waals surface area contributed by atoms with Crippen molar-refractivity contribution in [2.45, 2.75) is 44.4 Å². The van der Waals surface area contributed by atoms with E-state index in [2.05, 4.69) is 91.2 Å². The molecule has 0 amide bonds. The first-order valence-electron chi connectivity index (χ1n) is 10.4. The monoisotopic (exact) mass is 517 g/mol. The van der Waals surface area contributed by atoms with Crippen molar-refractivity contribution in [3.05, 3.63) is 62.5 Å². The molecule has 0 saturated carbocycles. The maximum Gasteiger partial charge on any atom is 0.200 e. The lowest BCUT2D eigenvalue weighted by Gasteiger charge is -2.51. The summed E-state index contributed by atoms with van der Waals surface area (Å²) in [6.45, 7) is 5.54. The molecule has 2 aromatic carbocycles. The summed E-state index contributed by atoms with van der Waals surface area (Å²) in [5.41, 5.74) is 3.23. The highest BCUT2D eigenvalue weighted by Crippen LogP contribution is 2.50. The molecule has 1 fully saturated rings. The van der Waals surface area contributed by atoms with E-state index >= 15 is 0 Å². The highest BCUT2D eigenvalue weighted by Gasteiger charge is 2.51. The van der Waals surface area contributed by atoms with Gasteiger partial charge < -0.3 is 9.64 Å². The summed E-state index contributed by atoms with van der Waals surface area (Å²) in [6.07, 6.45) is 4.07. The Morgan fingerprint density at radius 1 is 1.07 bits per heavy atom. The maximum absolute atomic E-state index is 6.72. The molecule has 0 bridgehead atoms. The minimum absolute atomic E-state index is 0.229. The number of halogens is 2. The summed E-state index contributed by atoms with van der Waals surface area (Å²) in [4.78, 5) is 2.55. The van der Waals surface area contributed by atoms with Crippen LogP contribution in [0.4, 0.5) is 0 Å². The topological polar surface area (TPSA) is 28.1 Å². The van der Waals surface area contributed by atoms with Gasteiger partial charge in [0.25, 0.3) is 0 Å². The van der Waals surface area contributed by atoms with E-state index in [0.29, 0.717) is 0 Å². The van der Waals surface area contributed by atoms with Crippen molar-refractivity contribution < 1.29 is 4.74 Å². The summed E-state index contributed by atoms with van der Waals surface area (Å²) < 4.78 is 8.90. The summed E-state index contributed by atoms with van der Waals surface area (Å²) in [7, 11) is 0. The minimum atomic E-state index is -0.340. The third-order valence-electron chi connectivity index (χ3n) is 6.31. The van der Waals surface area contributed by atoms with Crippen molar-refractivity contribution >= 4 is 37.6 Å². The fourth-order valence-corrected chi connectivity index (χ4v) is 5.49. The zero-order chi connectivity index (χ0) is 20.0. The summed E-state index contributed by atoms with van der Waals surface area (Å²) >= 11 is 7.18. The Balaban J connectivity index is 1.52. The normalized spacial score (nSPS) is 22.8. The molecule has 4 nitrogen and oxygen atoms in total. The van der Waals surface area contributed by atoms with Gasteiger partial charge in [-0.3, -0.25) is 0 Å². The fraction of sp³-hybridized carbons (Fsp3) is 0.435. The molecular weight excluding hydrogens is 494 g/mol. The van der Waals surface area contributed by atoms with Gasteiger partial charge in [-0.25, -0.2) is 5.01 Å². The molecule has 29 heavy (non-hydrogen) atoms. The lowest BCUT2D eigenvalue weighted by molar-refractivity contribution is -0.149. The number of likely N-dealkylation sites (tertiary alicyclic amines) is 1. The van der Waals surface area contributed by atoms with Gasteiger partial charge in [0.15, 0.2) is 0 Å². The highest BCUT2D eigenvalue weighted by atomic mass is 79.9. The van der Waals surface area contributed by atoms with Crippen molar-refractivity contribution in [1.82, 2.24) is 9.91 Å². The second kappa shape index (κ2) is 7.71. The molecule has 3 aliphatic heterocycles. The molecule has 1 saturated heterocycles. The number of nitrogens with zero attached hydrogens (tertiary/aromatic N) is 3. The molecule has 2 aromatic rings. The molecule has 5 rings (SSSR count). The van der Waals surface area contributed by atoms with Gasteiger partial charge in [-0.05, 0) is 48.9 Å². The maximum atomic E-state index is 6.72. The predicted molar refractivity (Wildman–Crippen MR) is 123 cm³/mol. The van der Waals surface area contributed by atoms with E-state index in [9.17, 15) is 0 Å². The van der Waals surface area contributed by atoms with E-state index in [0.717, 1.165) is 59.3 Å². The van der Waals surface area contributed by atoms with Crippen LogP contribution in [0.5, 0.6) is 5.75 Å². The molecule has 3 heterocycles. The van der Waals surface area contributed by atoms with Crippen LogP contribution in [0.2, 0.25) is 0 Å². The van der Waals surface area contributed by atoms with Crippen molar-refractivity contribution in [3.63, 3.8) is 0 Å². The van der Waals surface area contributed by atoms with Crippen LogP contribution in [0.25, 0.3) is 0 Å². The number of hydrogen-bond donors (Lipinski definition) is 0. The Morgan fingerprint density at radius 3 is 2.52 bits per heavy atom. The van der Waals surface area contributed by atoms with E-state index in [1.165, 1.54) is 17.5 Å². The van der Waals surface area contributed by atoms with Gasteiger partial charge >= 0.3 is 0 Å². The Kier molecular flexibility index (Phi) is 5.21. The minimum Gasteiger partial charge on any atom is -0.466 e. The van der Waals surface area contributed by atoms with Gasteiger partial charge in [-0.15, -0.1) is 0 Å². The van der Waals surface area contributed by atoms with E-state index in [-0.39, 0.29) is 11.8 Å². The highest BCUT2D eigenvalue weighted by molar-refractivity contribution is 9.10. The molecular formula is C23H25Br2N3O. The van der Waals surface area contributed by atoms with Crippen molar-refractivity contribution in [2.75, 3.05) is 19.6 Å². The van der Waals surface area contributed by atoms with Gasteiger partial charge in [0, 0.05) is 46.9 Å². The van der Waals surface area contributed by atoms with E-state index < -0.39 is 0 Å². The number of hydrazone groups is 1. The molecule has 152 valence electrons. The SMILES string of the molecule is CCCN1CCC2(CC1)Oc1ccc(Br)cc1[C@H]1CC(c3ccc(Br)cc3)=NN12. The van der Waals surface area contributed by atoms with Crippen LogP contribution in [0.15, 0.2) is 56.5 Å². The van der Waals surface area contributed by atoms with Crippen LogP contribution in [0.3, 0.4) is 0 Å². The number of fused-ring (bicyclic) bond motifs is 4. The average Bonchev–Trinajstić information content (AvgIpc) is 3.18. The molecule has 1 spiro atoms. The van der Waals surface area contributed by atoms with Crippen molar-refractivity contribution in [3.8, 4) is 5.75 Å². The second-order valence-corrected chi connectivity index (χ2v) is 10.0. The first-order valence-corrected chi connectivity index (χ1v) is 12.0. The van der Waals surface area contributed by atoms with Crippen LogP contribution >= 0.6 is 31.9 Å². The van der Waals surface area contributed by atoms with Gasteiger partial charge in [0.05, 0.1) is 11.8 Å². The van der Waals surface area contributed by atoms with E-state index in [1.54, 1.807) is 0 Å². The summed E-state index contributed by atoms with van der Waals surface area (Å²) in [5, 5.41) is 7.46. The third kappa shape index (κ3) is 3.53. The average molecular weight is 519 g/mol. The molecule has 0 unspecified atom stereocenters. The smallest absolute Gasteiger partial charge is 0.200 e. The standard InChI is InChI=1S/C23H25Br2N3O/c1-2-11-27-12-9-23(10-13-27)28-21(19-14-18(25)7-8-22(19)29-23)15-20(26-28)16-3-5-17(24)6-4-16/h3-8,14,21H,2,9-13,15H2,1H3/t21-/m1/s1. The van der Waals surface area contributed by atoms with Gasteiger partial charge in [0.1, 0.15) is 5.75 Å². The molecule has 6 heteroatoms. The van der Waals surface area contributed by atoms with Gasteiger partial charge in [-0.1, -0.05) is 50.9 Å². The van der Waals surface area contributed by atoms with Crippen LogP contribution in [0, 0.1) is 0 Å². The van der Waals surface area contributed by atoms with E-state index in [1.807, 2.05) is 0 Å². The van der Waals surface area contributed by atoms with E-state index in [4.69, 9.17) is 9.84 Å². The Bertz CT molecular complexity index is 936. The first-order chi connectivity index (χ1) is 14.1. The van der Waals surface area contributed by atoms with Crippen LogP contribution in [-0.4, -0.2) is 41.0 Å². The Labute approximate surface area is 189 Å². The van der Waals surface area contributed by atoms with Gasteiger partial charge in [0.2, 0.25) is 5.72 Å². The number of ether oxygens (including phenoxy) is 1. The van der Waals surface area contributed by atoms with Crippen LogP contribution < -0.4 is 4.74 Å².